The van der Waals surface area contributed by atoms with E-state index in [0.717, 1.165) is 32.0 Å². The zero-order valence-corrected chi connectivity index (χ0v) is 15.1. The van der Waals surface area contributed by atoms with E-state index in [0.29, 0.717) is 5.02 Å². The number of anilines is 2. The molecule has 2 aromatic heterocycles. The van der Waals surface area contributed by atoms with E-state index in [2.05, 4.69) is 32.6 Å². The molecule has 3 aromatic rings. The molecule has 0 amide bonds. The Hall–Kier alpha value is -1.63. The molecule has 0 aliphatic carbocycles. The van der Waals surface area contributed by atoms with Crippen LogP contribution in [0.15, 0.2) is 41.0 Å². The highest BCUT2D eigenvalue weighted by molar-refractivity contribution is 8.00. The van der Waals surface area contributed by atoms with Gasteiger partial charge in [0.1, 0.15) is 0 Å². The lowest BCUT2D eigenvalue weighted by atomic mass is 10.1. The lowest BCUT2D eigenvalue weighted by molar-refractivity contribution is 1.01. The number of aryl methyl sites for hydroxylation is 2. The summed E-state index contributed by atoms with van der Waals surface area (Å²) in [6.45, 7) is 4.06. The molecule has 0 radical (unpaired) electrons. The maximum Gasteiger partial charge on any atom is 0.210 e. The van der Waals surface area contributed by atoms with Gasteiger partial charge in [0.2, 0.25) is 5.13 Å². The smallest absolute Gasteiger partial charge is 0.210 e. The van der Waals surface area contributed by atoms with E-state index in [-0.39, 0.29) is 0 Å². The number of benzene rings is 1. The molecule has 118 valence electrons. The monoisotopic (exact) mass is 362 g/mol. The number of pyridine rings is 1. The number of nitrogens with zero attached hydrogens (tertiary/aromatic N) is 3. The Morgan fingerprint density at radius 1 is 1.26 bits per heavy atom. The van der Waals surface area contributed by atoms with Gasteiger partial charge in [-0.25, -0.2) is 0 Å². The van der Waals surface area contributed by atoms with Crippen LogP contribution in [0.3, 0.4) is 0 Å². The standard InChI is InChI=1S/C16H15ClN4S2/c1-10-6-11(2)14(13(17)7-10)19-15-20-21-16(23-15)22-9-12-4-3-5-18-8-12/h3-8H,9H2,1-2H3,(H,19,20). The second-order valence-electron chi connectivity index (χ2n) is 5.09. The van der Waals surface area contributed by atoms with Crippen molar-refractivity contribution in [3.63, 3.8) is 0 Å². The predicted octanol–water partition coefficient (Wildman–Crippen LogP) is 5.24. The van der Waals surface area contributed by atoms with Crippen LogP contribution < -0.4 is 5.32 Å². The molecule has 4 nitrogen and oxygen atoms in total. The lowest BCUT2D eigenvalue weighted by Crippen LogP contribution is -1.94. The topological polar surface area (TPSA) is 50.7 Å². The van der Waals surface area contributed by atoms with E-state index in [1.807, 2.05) is 32.2 Å². The molecule has 3 rings (SSSR count). The summed E-state index contributed by atoms with van der Waals surface area (Å²) in [5.41, 5.74) is 4.29. The van der Waals surface area contributed by atoms with Gasteiger partial charge in [-0.3, -0.25) is 4.98 Å². The fourth-order valence-electron chi connectivity index (χ4n) is 2.13. The van der Waals surface area contributed by atoms with Crippen LogP contribution >= 0.6 is 34.7 Å². The van der Waals surface area contributed by atoms with Crippen LogP contribution in [-0.2, 0) is 5.75 Å². The average molecular weight is 363 g/mol. The number of nitrogens with one attached hydrogen (secondary N) is 1. The number of halogens is 1. The zero-order chi connectivity index (χ0) is 16.2. The number of hydrogen-bond acceptors (Lipinski definition) is 6. The van der Waals surface area contributed by atoms with Crippen molar-refractivity contribution in [1.82, 2.24) is 15.2 Å². The molecule has 0 atom stereocenters. The fraction of sp³-hybridized carbons (Fsp3) is 0.188. The van der Waals surface area contributed by atoms with E-state index in [4.69, 9.17) is 11.6 Å². The molecule has 0 aliphatic rings. The van der Waals surface area contributed by atoms with Crippen LogP contribution in [0.25, 0.3) is 0 Å². The van der Waals surface area contributed by atoms with Crippen LogP contribution in [-0.4, -0.2) is 15.2 Å². The SMILES string of the molecule is Cc1cc(C)c(Nc2nnc(SCc3cccnc3)s2)c(Cl)c1. The van der Waals surface area contributed by atoms with Crippen LogP contribution in [0.4, 0.5) is 10.8 Å². The third kappa shape index (κ3) is 4.22. The van der Waals surface area contributed by atoms with Gasteiger partial charge in [-0.2, -0.15) is 0 Å². The van der Waals surface area contributed by atoms with Gasteiger partial charge in [0.25, 0.3) is 0 Å². The molecule has 0 unspecified atom stereocenters. The van der Waals surface area contributed by atoms with Gasteiger partial charge in [-0.1, -0.05) is 46.8 Å². The van der Waals surface area contributed by atoms with E-state index < -0.39 is 0 Å². The van der Waals surface area contributed by atoms with Crippen molar-refractivity contribution in [3.05, 3.63) is 58.4 Å². The largest absolute Gasteiger partial charge is 0.329 e. The van der Waals surface area contributed by atoms with Gasteiger partial charge in [0, 0.05) is 18.1 Å². The Kier molecular flexibility index (Phi) is 5.15. The third-order valence-electron chi connectivity index (χ3n) is 3.16. The van der Waals surface area contributed by atoms with Crippen molar-refractivity contribution >= 4 is 45.5 Å². The molecule has 0 bridgehead atoms. The van der Waals surface area contributed by atoms with Crippen LogP contribution in [0.2, 0.25) is 5.02 Å². The predicted molar refractivity (Wildman–Crippen MR) is 97.9 cm³/mol. The Balaban J connectivity index is 1.68. The minimum absolute atomic E-state index is 0.697. The molecule has 0 saturated heterocycles. The highest BCUT2D eigenvalue weighted by Gasteiger charge is 2.10. The minimum Gasteiger partial charge on any atom is -0.329 e. The molecule has 2 heterocycles. The summed E-state index contributed by atoms with van der Waals surface area (Å²) < 4.78 is 0.914. The lowest BCUT2D eigenvalue weighted by Gasteiger charge is -2.09. The zero-order valence-electron chi connectivity index (χ0n) is 12.7. The van der Waals surface area contributed by atoms with Crippen LogP contribution in [0, 0.1) is 13.8 Å². The second kappa shape index (κ2) is 7.29. The molecule has 0 spiro atoms. The van der Waals surface area contributed by atoms with Gasteiger partial charge in [0.05, 0.1) is 10.7 Å². The van der Waals surface area contributed by atoms with Crippen LogP contribution in [0.1, 0.15) is 16.7 Å². The molecular weight excluding hydrogens is 348 g/mol. The van der Waals surface area contributed by atoms with Gasteiger partial charge in [-0.15, -0.1) is 10.2 Å². The first-order chi connectivity index (χ1) is 11.1. The Morgan fingerprint density at radius 3 is 2.87 bits per heavy atom. The van der Waals surface area contributed by atoms with Gasteiger partial charge in [-0.05, 0) is 42.7 Å². The van der Waals surface area contributed by atoms with Crippen molar-refractivity contribution in [2.24, 2.45) is 0 Å². The average Bonchev–Trinajstić information content (AvgIpc) is 2.97. The van der Waals surface area contributed by atoms with Crippen molar-refractivity contribution in [3.8, 4) is 0 Å². The van der Waals surface area contributed by atoms with Gasteiger partial charge >= 0.3 is 0 Å². The summed E-state index contributed by atoms with van der Waals surface area (Å²) in [5, 5.41) is 13.1. The molecule has 0 fully saturated rings. The number of hydrogen-bond donors (Lipinski definition) is 1. The summed E-state index contributed by atoms with van der Waals surface area (Å²) in [5.74, 6) is 0.826. The summed E-state index contributed by atoms with van der Waals surface area (Å²) >= 11 is 9.48. The second-order valence-corrected chi connectivity index (χ2v) is 7.69. The summed E-state index contributed by atoms with van der Waals surface area (Å²) in [6, 6.07) is 8.02. The Morgan fingerprint density at radius 2 is 2.13 bits per heavy atom. The number of thioether (sulfide) groups is 1. The summed E-state index contributed by atoms with van der Waals surface area (Å²) in [4.78, 5) is 4.11. The number of rotatable bonds is 5. The first-order valence-corrected chi connectivity index (χ1v) is 9.19. The maximum absolute atomic E-state index is 6.31. The molecule has 0 saturated carbocycles. The Labute approximate surface area is 148 Å². The summed E-state index contributed by atoms with van der Waals surface area (Å²) in [6.07, 6.45) is 3.64. The molecule has 7 heteroatoms. The van der Waals surface area contributed by atoms with Crippen molar-refractivity contribution < 1.29 is 0 Å². The highest BCUT2D eigenvalue weighted by atomic mass is 35.5. The molecule has 1 aromatic carbocycles. The van der Waals surface area contributed by atoms with Crippen molar-refractivity contribution in [2.45, 2.75) is 23.9 Å². The summed E-state index contributed by atoms with van der Waals surface area (Å²) in [7, 11) is 0. The van der Waals surface area contributed by atoms with Gasteiger partial charge < -0.3 is 5.32 Å². The van der Waals surface area contributed by atoms with E-state index in [1.54, 1.807) is 18.0 Å². The van der Waals surface area contributed by atoms with Crippen molar-refractivity contribution in [1.29, 1.82) is 0 Å². The number of aromatic nitrogens is 3. The third-order valence-corrected chi connectivity index (χ3v) is 5.50. The van der Waals surface area contributed by atoms with E-state index >= 15 is 0 Å². The molecule has 1 N–H and O–H groups in total. The fourth-order valence-corrected chi connectivity index (χ4v) is 4.19. The maximum atomic E-state index is 6.31. The molecule has 0 aliphatic heterocycles. The van der Waals surface area contributed by atoms with Gasteiger partial charge in [0.15, 0.2) is 4.34 Å². The van der Waals surface area contributed by atoms with Crippen LogP contribution in [0.5, 0.6) is 0 Å². The highest BCUT2D eigenvalue weighted by Crippen LogP contribution is 2.34. The van der Waals surface area contributed by atoms with Crippen molar-refractivity contribution in [2.75, 3.05) is 5.32 Å². The first kappa shape index (κ1) is 16.2. The molecular formula is C16H15ClN4S2. The first-order valence-electron chi connectivity index (χ1n) is 7.01. The minimum atomic E-state index is 0.697. The van der Waals surface area contributed by atoms with E-state index in [1.165, 1.54) is 16.9 Å². The van der Waals surface area contributed by atoms with E-state index in [9.17, 15) is 0 Å². The molecule has 23 heavy (non-hydrogen) atoms. The quantitative estimate of drug-likeness (QED) is 0.629. The Bertz CT molecular complexity index is 782. The normalized spacial score (nSPS) is 10.7.